The molecule has 0 saturated heterocycles. The van der Waals surface area contributed by atoms with Gasteiger partial charge in [-0.2, -0.15) is 0 Å². The van der Waals surface area contributed by atoms with Crippen LogP contribution >= 0.6 is 0 Å². The molecule has 1 heterocycles. The Morgan fingerprint density at radius 3 is 2.64 bits per heavy atom. The van der Waals surface area contributed by atoms with Crippen molar-refractivity contribution in [1.29, 1.82) is 0 Å². The summed E-state index contributed by atoms with van der Waals surface area (Å²) < 4.78 is 6.40. The van der Waals surface area contributed by atoms with Crippen molar-refractivity contribution >= 4 is 6.09 Å². The molecule has 1 rings (SSSR count). The maximum atomic E-state index is 11.5. The third-order valence-corrected chi connectivity index (χ3v) is 1.97. The quantitative estimate of drug-likeness (QED) is 0.742. The van der Waals surface area contributed by atoms with Gasteiger partial charge in [0.2, 0.25) is 0 Å². The second-order valence-corrected chi connectivity index (χ2v) is 2.92. The molecule has 1 aromatic heterocycles. The zero-order valence-electron chi connectivity index (χ0n) is 8.91. The van der Waals surface area contributed by atoms with Crippen molar-refractivity contribution in [1.82, 2.24) is 9.55 Å². The lowest BCUT2D eigenvalue weighted by Crippen LogP contribution is -2.15. The summed E-state index contributed by atoms with van der Waals surface area (Å²) in [6.45, 7) is 6.16. The number of imidazole rings is 1. The molecule has 0 aliphatic heterocycles. The minimum Gasteiger partial charge on any atom is -0.449 e. The van der Waals surface area contributed by atoms with Gasteiger partial charge in [-0.05, 0) is 13.3 Å². The van der Waals surface area contributed by atoms with Gasteiger partial charge in [-0.3, -0.25) is 0 Å². The van der Waals surface area contributed by atoms with Crippen LogP contribution in [0.5, 0.6) is 0 Å². The van der Waals surface area contributed by atoms with Crippen LogP contribution in [0.1, 0.15) is 32.3 Å². The molecule has 78 valence electrons. The third-order valence-electron chi connectivity index (χ3n) is 1.97. The van der Waals surface area contributed by atoms with Gasteiger partial charge in [-0.15, -0.1) is 0 Å². The van der Waals surface area contributed by atoms with E-state index in [1.54, 1.807) is 13.1 Å². The van der Waals surface area contributed by atoms with Crippen LogP contribution in [0, 0.1) is 0 Å². The number of ether oxygens (including phenoxy) is 1. The summed E-state index contributed by atoms with van der Waals surface area (Å²) in [5.74, 6) is 0.764. The average molecular weight is 196 g/mol. The van der Waals surface area contributed by atoms with E-state index >= 15 is 0 Å². The maximum absolute atomic E-state index is 11.5. The fourth-order valence-corrected chi connectivity index (χ4v) is 1.24. The Morgan fingerprint density at radius 1 is 1.43 bits per heavy atom. The van der Waals surface area contributed by atoms with Crippen molar-refractivity contribution in [2.45, 2.75) is 33.6 Å². The number of rotatable bonds is 3. The van der Waals surface area contributed by atoms with Crippen molar-refractivity contribution in [3.8, 4) is 0 Å². The van der Waals surface area contributed by atoms with Crippen molar-refractivity contribution < 1.29 is 9.53 Å². The molecule has 0 bridgehead atoms. The van der Waals surface area contributed by atoms with Crippen LogP contribution in [0.15, 0.2) is 6.20 Å². The summed E-state index contributed by atoms with van der Waals surface area (Å²) in [5, 5.41) is 0. The van der Waals surface area contributed by atoms with E-state index in [1.807, 2.05) is 13.8 Å². The Balaban J connectivity index is 2.93. The average Bonchev–Trinajstić information content (AvgIpc) is 2.61. The van der Waals surface area contributed by atoms with Gasteiger partial charge in [0.05, 0.1) is 12.3 Å². The van der Waals surface area contributed by atoms with E-state index in [9.17, 15) is 4.79 Å². The number of carbonyl (C=O) groups is 1. The van der Waals surface area contributed by atoms with Crippen molar-refractivity contribution in [3.05, 3.63) is 17.7 Å². The van der Waals surface area contributed by atoms with E-state index in [2.05, 4.69) is 4.98 Å². The van der Waals surface area contributed by atoms with E-state index in [0.29, 0.717) is 6.61 Å². The third kappa shape index (κ3) is 2.13. The molecule has 4 heteroatoms. The topological polar surface area (TPSA) is 44.1 Å². The predicted octanol–water partition coefficient (Wildman–Crippen LogP) is 2.01. The van der Waals surface area contributed by atoms with E-state index < -0.39 is 0 Å². The molecule has 0 aliphatic rings. The van der Waals surface area contributed by atoms with Crippen LogP contribution in [-0.4, -0.2) is 22.3 Å². The molecule has 1 aromatic rings. The fourth-order valence-electron chi connectivity index (χ4n) is 1.24. The zero-order chi connectivity index (χ0) is 10.6. The van der Waals surface area contributed by atoms with Crippen LogP contribution in [0.3, 0.4) is 0 Å². The molecule has 0 aromatic carbocycles. The SMILES string of the molecule is CCOC(=O)n1cc(CC)nc1CC. The lowest BCUT2D eigenvalue weighted by molar-refractivity contribution is 0.153. The molecule has 0 unspecified atom stereocenters. The van der Waals surface area contributed by atoms with Crippen molar-refractivity contribution in [2.24, 2.45) is 0 Å². The Morgan fingerprint density at radius 2 is 2.14 bits per heavy atom. The first-order valence-corrected chi connectivity index (χ1v) is 4.97. The molecular formula is C10H16N2O2. The Hall–Kier alpha value is -1.32. The van der Waals surface area contributed by atoms with Crippen LogP contribution in [-0.2, 0) is 17.6 Å². The molecule has 0 aliphatic carbocycles. The van der Waals surface area contributed by atoms with Gasteiger partial charge in [0.25, 0.3) is 0 Å². The summed E-state index contributed by atoms with van der Waals surface area (Å²) in [4.78, 5) is 15.8. The van der Waals surface area contributed by atoms with Crippen LogP contribution in [0.25, 0.3) is 0 Å². The number of aromatic nitrogens is 2. The minimum atomic E-state index is -0.337. The van der Waals surface area contributed by atoms with Crippen LogP contribution in [0.2, 0.25) is 0 Å². The number of nitrogens with zero attached hydrogens (tertiary/aromatic N) is 2. The van der Waals surface area contributed by atoms with E-state index in [-0.39, 0.29) is 6.09 Å². The van der Waals surface area contributed by atoms with Gasteiger partial charge in [0.15, 0.2) is 0 Å². The molecule has 0 saturated carbocycles. The summed E-state index contributed by atoms with van der Waals surface area (Å²) in [6, 6.07) is 0. The van der Waals surface area contributed by atoms with Crippen molar-refractivity contribution in [2.75, 3.05) is 6.61 Å². The maximum Gasteiger partial charge on any atom is 0.419 e. The lowest BCUT2D eigenvalue weighted by Gasteiger charge is -2.03. The number of hydrogen-bond donors (Lipinski definition) is 0. The molecule has 0 spiro atoms. The monoisotopic (exact) mass is 196 g/mol. The van der Waals surface area contributed by atoms with E-state index in [0.717, 1.165) is 24.4 Å². The van der Waals surface area contributed by atoms with Gasteiger partial charge in [0, 0.05) is 12.6 Å². The van der Waals surface area contributed by atoms with Gasteiger partial charge in [-0.25, -0.2) is 14.3 Å². The first kappa shape index (κ1) is 10.8. The molecule has 0 atom stereocenters. The van der Waals surface area contributed by atoms with Gasteiger partial charge in [0.1, 0.15) is 5.82 Å². The van der Waals surface area contributed by atoms with E-state index in [1.165, 1.54) is 4.57 Å². The summed E-state index contributed by atoms with van der Waals surface area (Å²) >= 11 is 0. The first-order valence-electron chi connectivity index (χ1n) is 4.97. The highest BCUT2D eigenvalue weighted by atomic mass is 16.5. The molecule has 0 amide bonds. The molecule has 0 fully saturated rings. The standard InChI is InChI=1S/C10H16N2O2/c1-4-8-7-12(9(5-2)11-8)10(13)14-6-3/h7H,4-6H2,1-3H3. The smallest absolute Gasteiger partial charge is 0.419 e. The van der Waals surface area contributed by atoms with Gasteiger partial charge < -0.3 is 4.74 Å². The molecule has 14 heavy (non-hydrogen) atoms. The predicted molar refractivity (Wildman–Crippen MR) is 53.4 cm³/mol. The van der Waals surface area contributed by atoms with Gasteiger partial charge >= 0.3 is 6.09 Å². The second kappa shape index (κ2) is 4.79. The van der Waals surface area contributed by atoms with Crippen LogP contribution in [0.4, 0.5) is 4.79 Å². The zero-order valence-corrected chi connectivity index (χ0v) is 8.91. The van der Waals surface area contributed by atoms with Gasteiger partial charge in [-0.1, -0.05) is 13.8 Å². The lowest BCUT2D eigenvalue weighted by atomic mass is 10.4. The number of carbonyl (C=O) groups excluding carboxylic acids is 1. The summed E-state index contributed by atoms with van der Waals surface area (Å²) in [6.07, 6.45) is 2.98. The normalized spacial score (nSPS) is 10.2. The largest absolute Gasteiger partial charge is 0.449 e. The fraction of sp³-hybridized carbons (Fsp3) is 0.600. The summed E-state index contributed by atoms with van der Waals surface area (Å²) in [7, 11) is 0. The highest BCUT2D eigenvalue weighted by molar-refractivity contribution is 5.71. The number of hydrogen-bond acceptors (Lipinski definition) is 3. The minimum absolute atomic E-state index is 0.337. The number of aryl methyl sites for hydroxylation is 2. The molecule has 0 radical (unpaired) electrons. The molecule has 4 nitrogen and oxygen atoms in total. The van der Waals surface area contributed by atoms with Crippen molar-refractivity contribution in [3.63, 3.8) is 0 Å². The summed E-state index contributed by atoms with van der Waals surface area (Å²) in [5.41, 5.74) is 0.926. The first-order chi connectivity index (χ1) is 6.72. The van der Waals surface area contributed by atoms with Crippen LogP contribution < -0.4 is 0 Å². The Bertz CT molecular complexity index is 318. The molecule has 0 N–H and O–H groups in total. The Kier molecular flexibility index (Phi) is 3.68. The second-order valence-electron chi connectivity index (χ2n) is 2.92. The highest BCUT2D eigenvalue weighted by Gasteiger charge is 2.12. The molecular weight excluding hydrogens is 180 g/mol. The Labute approximate surface area is 83.9 Å². The highest BCUT2D eigenvalue weighted by Crippen LogP contribution is 2.05. The van der Waals surface area contributed by atoms with E-state index in [4.69, 9.17) is 4.74 Å².